The summed E-state index contributed by atoms with van der Waals surface area (Å²) < 4.78 is 13.8. The summed E-state index contributed by atoms with van der Waals surface area (Å²) >= 11 is 0. The quantitative estimate of drug-likeness (QED) is 0.803. The molecule has 1 aromatic rings. The molecule has 1 unspecified atom stereocenters. The Morgan fingerprint density at radius 1 is 1.29 bits per heavy atom. The van der Waals surface area contributed by atoms with E-state index in [-0.39, 0.29) is 16.8 Å². The number of carbonyl (C=O) groups is 1. The van der Waals surface area contributed by atoms with Gasteiger partial charge >= 0.3 is 0 Å². The maximum atomic E-state index is 13.8. The monoisotopic (exact) mass is 237 g/mol. The van der Waals surface area contributed by atoms with E-state index in [2.05, 4.69) is 0 Å². The van der Waals surface area contributed by atoms with E-state index in [1.807, 2.05) is 20.8 Å². The molecule has 1 aromatic carbocycles. The molecule has 17 heavy (non-hydrogen) atoms. The van der Waals surface area contributed by atoms with Crippen molar-refractivity contribution in [2.75, 3.05) is 0 Å². The van der Waals surface area contributed by atoms with Gasteiger partial charge in [-0.05, 0) is 36.5 Å². The second-order valence-electron chi connectivity index (χ2n) is 5.65. The molecule has 1 atom stereocenters. The van der Waals surface area contributed by atoms with Gasteiger partial charge in [-0.25, -0.2) is 4.39 Å². The molecular weight excluding hydrogens is 217 g/mol. The number of hydrogen-bond donors (Lipinski definition) is 1. The number of nitrogens with two attached hydrogens (primary N) is 1. The van der Waals surface area contributed by atoms with Gasteiger partial charge in [-0.2, -0.15) is 0 Å². The standard InChI is InChI=1S/C14H20FNO/c1-8-6-9(2)11(10(15)7-8)12(17)13(16)14(3,4)5/h6-7,13H,16H2,1-5H3. The first-order chi connectivity index (χ1) is 7.64. The second-order valence-corrected chi connectivity index (χ2v) is 5.65. The lowest BCUT2D eigenvalue weighted by atomic mass is 9.82. The zero-order chi connectivity index (χ0) is 13.4. The molecule has 0 fully saturated rings. The average molecular weight is 237 g/mol. The maximum Gasteiger partial charge on any atom is 0.183 e. The Bertz CT molecular complexity index is 423. The predicted molar refractivity (Wildman–Crippen MR) is 67.6 cm³/mol. The van der Waals surface area contributed by atoms with Gasteiger partial charge in [-0.1, -0.05) is 26.8 Å². The van der Waals surface area contributed by atoms with Gasteiger partial charge in [0, 0.05) is 0 Å². The number of carbonyl (C=O) groups excluding carboxylic acids is 1. The molecule has 0 spiro atoms. The molecule has 2 N–H and O–H groups in total. The van der Waals surface area contributed by atoms with E-state index in [9.17, 15) is 9.18 Å². The molecule has 0 saturated heterocycles. The third-order valence-electron chi connectivity index (χ3n) is 2.89. The molecule has 94 valence electrons. The fourth-order valence-electron chi connectivity index (χ4n) is 1.78. The molecule has 0 aliphatic carbocycles. The van der Waals surface area contributed by atoms with Crippen LogP contribution < -0.4 is 5.73 Å². The van der Waals surface area contributed by atoms with Gasteiger partial charge in [-0.15, -0.1) is 0 Å². The molecule has 2 nitrogen and oxygen atoms in total. The molecular formula is C14H20FNO. The van der Waals surface area contributed by atoms with Crippen LogP contribution in [0.2, 0.25) is 0 Å². The van der Waals surface area contributed by atoms with Crippen molar-refractivity contribution in [2.24, 2.45) is 11.1 Å². The van der Waals surface area contributed by atoms with Gasteiger partial charge in [0.2, 0.25) is 0 Å². The van der Waals surface area contributed by atoms with Crippen LogP contribution >= 0.6 is 0 Å². The van der Waals surface area contributed by atoms with Crippen molar-refractivity contribution < 1.29 is 9.18 Å². The first-order valence-electron chi connectivity index (χ1n) is 5.71. The van der Waals surface area contributed by atoms with Crippen molar-refractivity contribution >= 4 is 5.78 Å². The summed E-state index contributed by atoms with van der Waals surface area (Å²) in [5.74, 6) is -0.806. The van der Waals surface area contributed by atoms with E-state index in [4.69, 9.17) is 5.73 Å². The Morgan fingerprint density at radius 3 is 2.24 bits per heavy atom. The number of Topliss-reactive ketones (excluding diaryl/α,β-unsaturated/α-hetero) is 1. The lowest BCUT2D eigenvalue weighted by Gasteiger charge is -2.26. The molecule has 0 saturated carbocycles. The Kier molecular flexibility index (Phi) is 3.72. The predicted octanol–water partition coefficient (Wildman–Crippen LogP) is 3.00. The number of halogens is 1. The van der Waals surface area contributed by atoms with E-state index < -0.39 is 11.9 Å². The lowest BCUT2D eigenvalue weighted by Crippen LogP contribution is -2.42. The number of hydrogen-bond acceptors (Lipinski definition) is 2. The van der Waals surface area contributed by atoms with Gasteiger partial charge in [0.05, 0.1) is 11.6 Å². The fourth-order valence-corrected chi connectivity index (χ4v) is 1.78. The van der Waals surface area contributed by atoms with E-state index >= 15 is 0 Å². The Balaban J connectivity index is 3.22. The molecule has 0 radical (unpaired) electrons. The average Bonchev–Trinajstić information content (AvgIpc) is 2.13. The van der Waals surface area contributed by atoms with Crippen molar-refractivity contribution in [1.29, 1.82) is 0 Å². The minimum atomic E-state index is -0.696. The third kappa shape index (κ3) is 2.91. The van der Waals surface area contributed by atoms with E-state index in [0.717, 1.165) is 5.56 Å². The highest BCUT2D eigenvalue weighted by Crippen LogP contribution is 2.24. The van der Waals surface area contributed by atoms with Crippen molar-refractivity contribution in [1.82, 2.24) is 0 Å². The number of ketones is 1. The fraction of sp³-hybridized carbons (Fsp3) is 0.500. The van der Waals surface area contributed by atoms with Crippen LogP contribution in [0.15, 0.2) is 12.1 Å². The first kappa shape index (κ1) is 13.8. The number of rotatable bonds is 2. The summed E-state index contributed by atoms with van der Waals surface area (Å²) in [4.78, 5) is 12.2. The molecule has 0 aliphatic heterocycles. The van der Waals surface area contributed by atoms with E-state index in [1.54, 1.807) is 19.9 Å². The van der Waals surface area contributed by atoms with Crippen molar-refractivity contribution in [3.05, 3.63) is 34.6 Å². The van der Waals surface area contributed by atoms with Gasteiger partial charge in [0.1, 0.15) is 5.82 Å². The zero-order valence-corrected chi connectivity index (χ0v) is 11.1. The highest BCUT2D eigenvalue weighted by atomic mass is 19.1. The zero-order valence-electron chi connectivity index (χ0n) is 11.1. The normalized spacial score (nSPS) is 13.6. The Labute approximate surface area is 102 Å². The van der Waals surface area contributed by atoms with Crippen LogP contribution in [0.3, 0.4) is 0 Å². The van der Waals surface area contributed by atoms with Gasteiger partial charge in [0.25, 0.3) is 0 Å². The number of benzene rings is 1. The smallest absolute Gasteiger partial charge is 0.183 e. The summed E-state index contributed by atoms with van der Waals surface area (Å²) in [6.45, 7) is 9.15. The maximum absolute atomic E-state index is 13.8. The van der Waals surface area contributed by atoms with Crippen LogP contribution in [-0.2, 0) is 0 Å². The lowest BCUT2D eigenvalue weighted by molar-refractivity contribution is 0.0896. The topological polar surface area (TPSA) is 43.1 Å². The molecule has 0 aromatic heterocycles. The van der Waals surface area contributed by atoms with Crippen molar-refractivity contribution in [2.45, 2.75) is 40.7 Å². The number of aryl methyl sites for hydroxylation is 2. The van der Waals surface area contributed by atoms with Gasteiger partial charge in [-0.3, -0.25) is 4.79 Å². The van der Waals surface area contributed by atoms with Crippen LogP contribution in [0.1, 0.15) is 42.3 Å². The molecule has 1 rings (SSSR count). The third-order valence-corrected chi connectivity index (χ3v) is 2.89. The van der Waals surface area contributed by atoms with Crippen LogP contribution in [0.5, 0.6) is 0 Å². The van der Waals surface area contributed by atoms with Crippen LogP contribution in [0.4, 0.5) is 4.39 Å². The van der Waals surface area contributed by atoms with E-state index in [1.165, 1.54) is 6.07 Å². The summed E-state index contributed by atoms with van der Waals surface area (Å²) in [7, 11) is 0. The van der Waals surface area contributed by atoms with Crippen molar-refractivity contribution in [3.8, 4) is 0 Å². The molecule has 0 amide bonds. The van der Waals surface area contributed by atoms with Crippen molar-refractivity contribution in [3.63, 3.8) is 0 Å². The summed E-state index contributed by atoms with van der Waals surface area (Å²) in [5.41, 5.74) is 7.09. The summed E-state index contributed by atoms with van der Waals surface area (Å²) in [6, 6.07) is 2.47. The van der Waals surface area contributed by atoms with Gasteiger partial charge in [0.15, 0.2) is 5.78 Å². The van der Waals surface area contributed by atoms with Crippen LogP contribution in [0.25, 0.3) is 0 Å². The van der Waals surface area contributed by atoms with Crippen LogP contribution in [0, 0.1) is 25.1 Å². The van der Waals surface area contributed by atoms with Gasteiger partial charge < -0.3 is 5.73 Å². The molecule has 0 aliphatic rings. The van der Waals surface area contributed by atoms with E-state index in [0.29, 0.717) is 5.56 Å². The first-order valence-corrected chi connectivity index (χ1v) is 5.71. The minimum absolute atomic E-state index is 0.123. The summed E-state index contributed by atoms with van der Waals surface area (Å²) in [5, 5.41) is 0. The molecule has 3 heteroatoms. The summed E-state index contributed by atoms with van der Waals surface area (Å²) in [6.07, 6.45) is 0. The highest BCUT2D eigenvalue weighted by Gasteiger charge is 2.30. The minimum Gasteiger partial charge on any atom is -0.321 e. The second kappa shape index (κ2) is 4.57. The Hall–Kier alpha value is -1.22. The Morgan fingerprint density at radius 2 is 1.82 bits per heavy atom. The van der Waals surface area contributed by atoms with Crippen LogP contribution in [-0.4, -0.2) is 11.8 Å². The molecule has 0 heterocycles. The largest absolute Gasteiger partial charge is 0.321 e. The molecule has 0 bridgehead atoms. The highest BCUT2D eigenvalue weighted by molar-refractivity contribution is 6.01. The SMILES string of the molecule is Cc1cc(C)c(C(=O)C(N)C(C)(C)C)c(F)c1.